The Hall–Kier alpha value is -1.94. The van der Waals surface area contributed by atoms with E-state index in [1.165, 1.54) is 0 Å². The van der Waals surface area contributed by atoms with Crippen LogP contribution in [-0.4, -0.2) is 6.04 Å². The summed E-state index contributed by atoms with van der Waals surface area (Å²) in [6, 6.07) is 5.44. The SMILES string of the molecule is CC1(Cc2cc(N)ccc2N)C=C(N)C=CC1N. The number of hydrogen-bond acceptors (Lipinski definition) is 4. The average molecular weight is 244 g/mol. The second-order valence-electron chi connectivity index (χ2n) is 5.17. The van der Waals surface area contributed by atoms with Crippen LogP contribution in [0.2, 0.25) is 0 Å². The van der Waals surface area contributed by atoms with Gasteiger partial charge in [0.15, 0.2) is 0 Å². The molecule has 0 aliphatic heterocycles. The Morgan fingerprint density at radius 2 is 1.94 bits per heavy atom. The van der Waals surface area contributed by atoms with Crippen molar-refractivity contribution in [2.45, 2.75) is 19.4 Å². The summed E-state index contributed by atoms with van der Waals surface area (Å²) >= 11 is 0. The largest absolute Gasteiger partial charge is 0.399 e. The highest BCUT2D eigenvalue weighted by Gasteiger charge is 2.31. The summed E-state index contributed by atoms with van der Waals surface area (Å²) < 4.78 is 0. The molecule has 0 radical (unpaired) electrons. The third-order valence-electron chi connectivity index (χ3n) is 3.49. The van der Waals surface area contributed by atoms with Crippen LogP contribution in [-0.2, 0) is 6.42 Å². The van der Waals surface area contributed by atoms with Crippen molar-refractivity contribution in [2.75, 3.05) is 11.5 Å². The Morgan fingerprint density at radius 3 is 2.67 bits per heavy atom. The topological polar surface area (TPSA) is 104 Å². The van der Waals surface area contributed by atoms with Crippen LogP contribution in [0.1, 0.15) is 12.5 Å². The standard InChI is InChI=1S/C14H20N4/c1-14(8-11(16)3-5-13(14)18)7-9-6-10(15)2-4-12(9)17/h2-6,8,13H,7,15-18H2,1H3. The summed E-state index contributed by atoms with van der Waals surface area (Å²) in [6.45, 7) is 2.08. The molecule has 18 heavy (non-hydrogen) atoms. The quantitative estimate of drug-likeness (QED) is 0.585. The predicted octanol–water partition coefficient (Wildman–Crippen LogP) is 1.14. The first-order chi connectivity index (χ1) is 8.40. The van der Waals surface area contributed by atoms with Crippen molar-refractivity contribution in [3.05, 3.63) is 47.7 Å². The minimum Gasteiger partial charge on any atom is -0.399 e. The van der Waals surface area contributed by atoms with Crippen LogP contribution in [0.25, 0.3) is 0 Å². The minimum atomic E-state index is -0.235. The summed E-state index contributed by atoms with van der Waals surface area (Å²) in [5.74, 6) is 0. The summed E-state index contributed by atoms with van der Waals surface area (Å²) in [7, 11) is 0. The van der Waals surface area contributed by atoms with Crippen molar-refractivity contribution in [1.29, 1.82) is 0 Å². The first-order valence-electron chi connectivity index (χ1n) is 5.97. The fourth-order valence-corrected chi connectivity index (χ4v) is 2.32. The Labute approximate surface area is 107 Å². The summed E-state index contributed by atoms with van der Waals surface area (Å²) in [6.07, 6.45) is 6.49. The lowest BCUT2D eigenvalue weighted by Crippen LogP contribution is -2.40. The van der Waals surface area contributed by atoms with Gasteiger partial charge >= 0.3 is 0 Å². The molecule has 0 fully saturated rings. The first kappa shape index (κ1) is 12.5. The maximum absolute atomic E-state index is 6.15. The number of hydrogen-bond donors (Lipinski definition) is 4. The van der Waals surface area contributed by atoms with E-state index in [2.05, 4.69) is 6.92 Å². The van der Waals surface area contributed by atoms with E-state index in [0.717, 1.165) is 23.4 Å². The van der Waals surface area contributed by atoms with Gasteiger partial charge in [-0.25, -0.2) is 0 Å². The molecular formula is C14H20N4. The zero-order chi connectivity index (χ0) is 13.3. The van der Waals surface area contributed by atoms with E-state index in [4.69, 9.17) is 22.9 Å². The maximum Gasteiger partial charge on any atom is 0.0348 e. The lowest BCUT2D eigenvalue weighted by molar-refractivity contribution is 0.371. The molecule has 1 aromatic rings. The molecule has 2 atom stereocenters. The highest BCUT2D eigenvalue weighted by Crippen LogP contribution is 2.34. The van der Waals surface area contributed by atoms with Gasteiger partial charge in [-0.05, 0) is 36.3 Å². The van der Waals surface area contributed by atoms with Gasteiger partial charge < -0.3 is 22.9 Å². The lowest BCUT2D eigenvalue weighted by atomic mass is 9.74. The molecule has 0 saturated heterocycles. The van der Waals surface area contributed by atoms with Crippen LogP contribution in [0.5, 0.6) is 0 Å². The molecule has 1 aromatic carbocycles. The van der Waals surface area contributed by atoms with Crippen molar-refractivity contribution in [1.82, 2.24) is 0 Å². The van der Waals surface area contributed by atoms with Crippen LogP contribution < -0.4 is 22.9 Å². The highest BCUT2D eigenvalue weighted by molar-refractivity contribution is 5.56. The second-order valence-corrected chi connectivity index (χ2v) is 5.17. The molecule has 2 rings (SSSR count). The van der Waals surface area contributed by atoms with Crippen molar-refractivity contribution in [3.63, 3.8) is 0 Å². The molecule has 0 saturated carbocycles. The fourth-order valence-electron chi connectivity index (χ4n) is 2.32. The molecule has 1 aliphatic carbocycles. The zero-order valence-corrected chi connectivity index (χ0v) is 10.6. The second kappa shape index (κ2) is 4.38. The summed E-state index contributed by atoms with van der Waals surface area (Å²) in [5, 5.41) is 0. The molecule has 1 aliphatic rings. The molecule has 8 N–H and O–H groups in total. The van der Waals surface area contributed by atoms with Crippen LogP contribution in [0.3, 0.4) is 0 Å². The molecule has 4 nitrogen and oxygen atoms in total. The number of nitrogen functional groups attached to an aromatic ring is 2. The molecule has 0 spiro atoms. The van der Waals surface area contributed by atoms with E-state index in [9.17, 15) is 0 Å². The Morgan fingerprint density at radius 1 is 1.22 bits per heavy atom. The van der Waals surface area contributed by atoms with Gasteiger partial charge in [-0.15, -0.1) is 0 Å². The Balaban J connectivity index is 2.33. The smallest absolute Gasteiger partial charge is 0.0348 e. The number of benzene rings is 1. The van der Waals surface area contributed by atoms with Gasteiger partial charge in [0.1, 0.15) is 0 Å². The zero-order valence-electron chi connectivity index (χ0n) is 10.6. The van der Waals surface area contributed by atoms with E-state index >= 15 is 0 Å². The molecule has 0 amide bonds. The number of allylic oxidation sites excluding steroid dienone is 1. The molecule has 4 heteroatoms. The number of anilines is 2. The normalized spacial score (nSPS) is 27.0. The molecule has 0 heterocycles. The maximum atomic E-state index is 6.15. The number of rotatable bonds is 2. The fraction of sp³-hybridized carbons (Fsp3) is 0.286. The highest BCUT2D eigenvalue weighted by atomic mass is 14.7. The predicted molar refractivity (Wildman–Crippen MR) is 76.5 cm³/mol. The van der Waals surface area contributed by atoms with Gasteiger partial charge in [0.25, 0.3) is 0 Å². The lowest BCUT2D eigenvalue weighted by Gasteiger charge is -2.34. The average Bonchev–Trinajstić information content (AvgIpc) is 2.29. The number of nitrogens with two attached hydrogens (primary N) is 4. The monoisotopic (exact) mass is 244 g/mol. The van der Waals surface area contributed by atoms with Crippen LogP contribution in [0.4, 0.5) is 11.4 Å². The molecule has 2 unspecified atom stereocenters. The van der Waals surface area contributed by atoms with E-state index in [1.807, 2.05) is 30.4 Å². The van der Waals surface area contributed by atoms with Gasteiger partial charge in [-0.1, -0.05) is 19.1 Å². The first-order valence-corrected chi connectivity index (χ1v) is 5.97. The van der Waals surface area contributed by atoms with Crippen molar-refractivity contribution in [2.24, 2.45) is 16.9 Å². The van der Waals surface area contributed by atoms with E-state index < -0.39 is 0 Å². The molecule has 0 aromatic heterocycles. The van der Waals surface area contributed by atoms with E-state index in [1.54, 1.807) is 6.07 Å². The minimum absolute atomic E-state index is 0.0781. The Kier molecular flexibility index (Phi) is 3.05. The van der Waals surface area contributed by atoms with Crippen LogP contribution >= 0.6 is 0 Å². The third kappa shape index (κ3) is 2.33. The van der Waals surface area contributed by atoms with Crippen molar-refractivity contribution in [3.8, 4) is 0 Å². The van der Waals surface area contributed by atoms with Crippen LogP contribution in [0, 0.1) is 5.41 Å². The van der Waals surface area contributed by atoms with Gasteiger partial charge in [-0.2, -0.15) is 0 Å². The van der Waals surface area contributed by atoms with E-state index in [-0.39, 0.29) is 11.5 Å². The molecule has 96 valence electrons. The summed E-state index contributed by atoms with van der Waals surface area (Å²) in [4.78, 5) is 0. The van der Waals surface area contributed by atoms with Gasteiger partial charge in [0.05, 0.1) is 0 Å². The van der Waals surface area contributed by atoms with Crippen molar-refractivity contribution >= 4 is 11.4 Å². The third-order valence-corrected chi connectivity index (χ3v) is 3.49. The Bertz CT molecular complexity index is 519. The van der Waals surface area contributed by atoms with Crippen LogP contribution in [0.15, 0.2) is 42.1 Å². The summed E-state index contributed by atoms with van der Waals surface area (Å²) in [5.41, 5.74) is 26.7. The van der Waals surface area contributed by atoms with Gasteiger partial charge in [0, 0.05) is 28.5 Å². The molecular weight excluding hydrogens is 224 g/mol. The van der Waals surface area contributed by atoms with Gasteiger partial charge in [-0.3, -0.25) is 0 Å². The van der Waals surface area contributed by atoms with Gasteiger partial charge in [0.2, 0.25) is 0 Å². The van der Waals surface area contributed by atoms with Crippen molar-refractivity contribution < 1.29 is 0 Å². The van der Waals surface area contributed by atoms with E-state index in [0.29, 0.717) is 5.69 Å². The molecule has 0 bridgehead atoms.